The van der Waals surface area contributed by atoms with E-state index in [0.717, 1.165) is 29.3 Å². The second kappa shape index (κ2) is 3.45. The van der Waals surface area contributed by atoms with Gasteiger partial charge in [0.25, 0.3) is 0 Å². The molecular weight excluding hydrogens is 228 g/mol. The molecule has 0 radical (unpaired) electrons. The van der Waals surface area contributed by atoms with Gasteiger partial charge in [0.15, 0.2) is 0 Å². The zero-order valence-corrected chi connectivity index (χ0v) is 9.80. The smallest absolute Gasteiger partial charge is 0.391 e. The topological polar surface area (TPSA) is 42.4 Å². The summed E-state index contributed by atoms with van der Waals surface area (Å²) in [5.74, 6) is 0.468. The van der Waals surface area contributed by atoms with E-state index in [4.69, 9.17) is 4.74 Å². The average molecular weight is 240 g/mol. The zero-order valence-electron chi connectivity index (χ0n) is 9.80. The summed E-state index contributed by atoms with van der Waals surface area (Å²) < 4.78 is 5.33. The average Bonchev–Trinajstić information content (AvgIpc) is 3.20. The normalized spacial score (nSPS) is 18.7. The molecule has 0 bridgehead atoms. The van der Waals surface area contributed by atoms with Crippen molar-refractivity contribution >= 4 is 17.0 Å². The molecule has 2 aromatic rings. The molecule has 1 aromatic heterocycles. The Morgan fingerprint density at radius 1 is 1.28 bits per heavy atom. The first-order valence-corrected chi connectivity index (χ1v) is 6.18. The van der Waals surface area contributed by atoms with Gasteiger partial charge in [-0.05, 0) is 25.0 Å². The number of carbonyl (C=O) groups is 1. The molecule has 2 aliphatic rings. The van der Waals surface area contributed by atoms with Crippen LogP contribution in [0.2, 0.25) is 0 Å². The highest BCUT2D eigenvalue weighted by Gasteiger charge is 2.37. The molecule has 0 saturated heterocycles. The van der Waals surface area contributed by atoms with Crippen LogP contribution in [0.1, 0.15) is 18.4 Å². The van der Waals surface area contributed by atoms with E-state index in [0.29, 0.717) is 18.5 Å². The van der Waals surface area contributed by atoms with Gasteiger partial charge in [-0.1, -0.05) is 18.2 Å². The summed E-state index contributed by atoms with van der Waals surface area (Å²) in [6.45, 7) is 0.622. The summed E-state index contributed by atoms with van der Waals surface area (Å²) in [5.41, 5.74) is 1.86. The minimum atomic E-state index is -0.257. The Morgan fingerprint density at radius 2 is 2.11 bits per heavy atom. The number of nitrogens with zero attached hydrogens (tertiary/aromatic N) is 2. The largest absolute Gasteiger partial charge is 0.417 e. The summed E-state index contributed by atoms with van der Waals surface area (Å²) in [4.78, 5) is 18.1. The molecule has 4 rings (SSSR count). The number of ether oxygens (including phenoxy) is 1. The van der Waals surface area contributed by atoms with Crippen LogP contribution in [0.3, 0.4) is 0 Å². The first-order valence-electron chi connectivity index (χ1n) is 6.18. The summed E-state index contributed by atoms with van der Waals surface area (Å²) in [6, 6.07) is 10.3. The molecule has 0 N–H and O–H groups in total. The number of fused-ring (bicyclic) bond motifs is 2. The van der Waals surface area contributed by atoms with Crippen LogP contribution < -0.4 is 4.74 Å². The molecule has 1 fully saturated rings. The summed E-state index contributed by atoms with van der Waals surface area (Å²) in [7, 11) is 0. The predicted molar refractivity (Wildman–Crippen MR) is 66.3 cm³/mol. The molecule has 0 spiro atoms. The highest BCUT2D eigenvalue weighted by Crippen LogP contribution is 2.34. The lowest BCUT2D eigenvalue weighted by molar-refractivity contribution is 0.133. The molecule has 2 heterocycles. The van der Waals surface area contributed by atoms with Crippen molar-refractivity contribution < 1.29 is 9.53 Å². The number of carbonyl (C=O) groups excluding carboxylic acids is 1. The fourth-order valence-electron chi connectivity index (χ4n) is 2.40. The van der Waals surface area contributed by atoms with Crippen LogP contribution in [0.25, 0.3) is 10.9 Å². The Morgan fingerprint density at radius 3 is 2.94 bits per heavy atom. The van der Waals surface area contributed by atoms with Crippen LogP contribution in [0.4, 0.5) is 4.79 Å². The second-order valence-corrected chi connectivity index (χ2v) is 4.87. The van der Waals surface area contributed by atoms with Gasteiger partial charge in [0.2, 0.25) is 5.88 Å². The van der Waals surface area contributed by atoms with Gasteiger partial charge in [-0.15, -0.1) is 0 Å². The highest BCUT2D eigenvalue weighted by molar-refractivity contribution is 5.82. The molecule has 90 valence electrons. The SMILES string of the molecule is O=C1Oc2nc3ccccc3cc2CN1C1CC1. The minimum Gasteiger partial charge on any atom is -0.391 e. The highest BCUT2D eigenvalue weighted by atomic mass is 16.6. The van der Waals surface area contributed by atoms with Crippen molar-refractivity contribution in [1.29, 1.82) is 0 Å². The van der Waals surface area contributed by atoms with Gasteiger partial charge >= 0.3 is 6.09 Å². The third-order valence-electron chi connectivity index (χ3n) is 3.51. The quantitative estimate of drug-likeness (QED) is 0.769. The van der Waals surface area contributed by atoms with Crippen molar-refractivity contribution in [3.63, 3.8) is 0 Å². The monoisotopic (exact) mass is 240 g/mol. The van der Waals surface area contributed by atoms with Crippen molar-refractivity contribution in [2.75, 3.05) is 0 Å². The first-order chi connectivity index (χ1) is 8.81. The van der Waals surface area contributed by atoms with Crippen LogP contribution in [0.15, 0.2) is 30.3 Å². The lowest BCUT2D eigenvalue weighted by Crippen LogP contribution is -2.38. The van der Waals surface area contributed by atoms with Crippen LogP contribution in [0, 0.1) is 0 Å². The van der Waals surface area contributed by atoms with E-state index >= 15 is 0 Å². The number of para-hydroxylation sites is 1. The van der Waals surface area contributed by atoms with Crippen molar-refractivity contribution in [2.24, 2.45) is 0 Å². The number of hydrogen-bond donors (Lipinski definition) is 0. The Kier molecular flexibility index (Phi) is 1.89. The molecule has 1 aliphatic carbocycles. The molecule has 1 saturated carbocycles. The zero-order chi connectivity index (χ0) is 12.1. The predicted octanol–water partition coefficient (Wildman–Crippen LogP) is 2.71. The second-order valence-electron chi connectivity index (χ2n) is 4.87. The number of benzene rings is 1. The van der Waals surface area contributed by atoms with Crippen molar-refractivity contribution in [2.45, 2.75) is 25.4 Å². The maximum atomic E-state index is 11.8. The summed E-state index contributed by atoms with van der Waals surface area (Å²) >= 11 is 0. The van der Waals surface area contributed by atoms with E-state index < -0.39 is 0 Å². The molecule has 0 atom stereocenters. The number of pyridine rings is 1. The maximum absolute atomic E-state index is 11.8. The Balaban J connectivity index is 1.82. The molecule has 4 heteroatoms. The molecule has 1 aliphatic heterocycles. The maximum Gasteiger partial charge on any atom is 0.417 e. The standard InChI is InChI=1S/C14H12N2O2/c17-14-16(11-5-6-11)8-10-7-9-3-1-2-4-12(9)15-13(10)18-14/h1-4,7,11H,5-6,8H2. The van der Waals surface area contributed by atoms with Gasteiger partial charge in [-0.3, -0.25) is 0 Å². The third kappa shape index (κ3) is 1.45. The van der Waals surface area contributed by atoms with Gasteiger partial charge in [0, 0.05) is 17.0 Å². The Hall–Kier alpha value is -2.10. The molecule has 1 amide bonds. The molecule has 4 nitrogen and oxygen atoms in total. The molecule has 18 heavy (non-hydrogen) atoms. The molecule has 0 unspecified atom stereocenters. The van der Waals surface area contributed by atoms with Crippen molar-refractivity contribution in [3.05, 3.63) is 35.9 Å². The van der Waals surface area contributed by atoms with E-state index in [9.17, 15) is 4.79 Å². The van der Waals surface area contributed by atoms with Crippen LogP contribution in [0.5, 0.6) is 5.88 Å². The third-order valence-corrected chi connectivity index (χ3v) is 3.51. The van der Waals surface area contributed by atoms with Crippen LogP contribution in [-0.4, -0.2) is 22.0 Å². The van der Waals surface area contributed by atoms with Gasteiger partial charge in [0.1, 0.15) is 0 Å². The minimum absolute atomic E-state index is 0.257. The van der Waals surface area contributed by atoms with E-state index in [1.165, 1.54) is 0 Å². The van der Waals surface area contributed by atoms with Crippen molar-refractivity contribution in [3.8, 4) is 5.88 Å². The molecule has 1 aromatic carbocycles. The van der Waals surface area contributed by atoms with Gasteiger partial charge in [-0.2, -0.15) is 0 Å². The van der Waals surface area contributed by atoms with Crippen LogP contribution >= 0.6 is 0 Å². The lowest BCUT2D eigenvalue weighted by Gasteiger charge is -2.27. The van der Waals surface area contributed by atoms with Gasteiger partial charge in [-0.25, -0.2) is 9.78 Å². The number of amides is 1. The van der Waals surface area contributed by atoms with E-state index in [1.54, 1.807) is 4.90 Å². The fraction of sp³-hybridized carbons (Fsp3) is 0.286. The Labute approximate surface area is 104 Å². The van der Waals surface area contributed by atoms with E-state index in [1.807, 2.05) is 24.3 Å². The van der Waals surface area contributed by atoms with E-state index in [2.05, 4.69) is 11.1 Å². The van der Waals surface area contributed by atoms with Gasteiger partial charge in [0.05, 0.1) is 12.1 Å². The summed E-state index contributed by atoms with van der Waals surface area (Å²) in [5, 5.41) is 1.09. The molecular formula is C14H12N2O2. The number of aromatic nitrogens is 1. The first kappa shape index (κ1) is 9.88. The number of rotatable bonds is 1. The van der Waals surface area contributed by atoms with E-state index in [-0.39, 0.29) is 6.09 Å². The summed E-state index contributed by atoms with van der Waals surface area (Å²) in [6.07, 6.45) is 1.92. The van der Waals surface area contributed by atoms with Crippen molar-refractivity contribution in [1.82, 2.24) is 9.88 Å². The van der Waals surface area contributed by atoms with Crippen LogP contribution in [-0.2, 0) is 6.54 Å². The van der Waals surface area contributed by atoms with Gasteiger partial charge < -0.3 is 9.64 Å². The number of hydrogen-bond acceptors (Lipinski definition) is 3. The lowest BCUT2D eigenvalue weighted by atomic mass is 10.1. The fourth-order valence-corrected chi connectivity index (χ4v) is 2.40. The Bertz CT molecular complexity index is 649.